The molecule has 0 saturated heterocycles. The third-order valence-electron chi connectivity index (χ3n) is 2.57. The summed E-state index contributed by atoms with van der Waals surface area (Å²) in [6.45, 7) is 1.95. The number of aliphatic hydroxyl groups is 1. The van der Waals surface area contributed by atoms with Crippen LogP contribution in [0.4, 0.5) is 0 Å². The number of ether oxygens (including phenoxy) is 3. The standard InChI is InChI=1S/C11H11BrO5/c1-5-8(12)6(9(13)11(14)15-2)3-7-10(5)17-4-16-7/h3,9,13H,4H2,1-2H3. The monoisotopic (exact) mass is 302 g/mol. The highest BCUT2D eigenvalue weighted by Gasteiger charge is 2.27. The predicted octanol–water partition coefficient (Wildman–Crippen LogP) is 1.69. The fourth-order valence-corrected chi connectivity index (χ4v) is 2.16. The van der Waals surface area contributed by atoms with E-state index in [-0.39, 0.29) is 6.79 Å². The minimum atomic E-state index is -1.34. The largest absolute Gasteiger partial charge is 0.467 e. The lowest BCUT2D eigenvalue weighted by atomic mass is 10.0. The summed E-state index contributed by atoms with van der Waals surface area (Å²) in [4.78, 5) is 11.3. The quantitative estimate of drug-likeness (QED) is 0.842. The van der Waals surface area contributed by atoms with Gasteiger partial charge in [-0.05, 0) is 28.9 Å². The Hall–Kier alpha value is -1.27. The highest BCUT2D eigenvalue weighted by atomic mass is 79.9. The van der Waals surface area contributed by atoms with Crippen molar-refractivity contribution < 1.29 is 24.1 Å². The van der Waals surface area contributed by atoms with Crippen LogP contribution < -0.4 is 9.47 Å². The molecule has 1 aromatic carbocycles. The molecule has 0 radical (unpaired) electrons. The summed E-state index contributed by atoms with van der Waals surface area (Å²) in [6.07, 6.45) is -1.34. The van der Waals surface area contributed by atoms with Crippen molar-refractivity contribution in [2.75, 3.05) is 13.9 Å². The number of esters is 1. The number of carbonyl (C=O) groups excluding carboxylic acids is 1. The van der Waals surface area contributed by atoms with Crippen LogP contribution in [0, 0.1) is 6.92 Å². The van der Waals surface area contributed by atoms with E-state index in [1.807, 2.05) is 6.92 Å². The van der Waals surface area contributed by atoms with Crippen molar-refractivity contribution in [2.45, 2.75) is 13.0 Å². The zero-order valence-electron chi connectivity index (χ0n) is 9.32. The molecule has 0 saturated carbocycles. The van der Waals surface area contributed by atoms with Gasteiger partial charge in [-0.2, -0.15) is 0 Å². The van der Waals surface area contributed by atoms with Gasteiger partial charge in [0.05, 0.1) is 7.11 Å². The molecule has 1 aliphatic rings. The van der Waals surface area contributed by atoms with E-state index in [0.29, 0.717) is 21.5 Å². The first kappa shape index (κ1) is 12.2. The van der Waals surface area contributed by atoms with Crippen molar-refractivity contribution in [2.24, 2.45) is 0 Å². The topological polar surface area (TPSA) is 65.0 Å². The molecule has 1 atom stereocenters. The Bertz CT molecular complexity index is 471. The Morgan fingerprint density at radius 2 is 2.29 bits per heavy atom. The smallest absolute Gasteiger partial charge is 0.339 e. The lowest BCUT2D eigenvalue weighted by Gasteiger charge is -2.13. The van der Waals surface area contributed by atoms with Crippen LogP contribution >= 0.6 is 15.9 Å². The Balaban J connectivity index is 2.49. The number of carbonyl (C=O) groups is 1. The highest BCUT2D eigenvalue weighted by Crippen LogP contribution is 2.43. The highest BCUT2D eigenvalue weighted by molar-refractivity contribution is 9.10. The number of aliphatic hydroxyl groups excluding tert-OH is 1. The summed E-state index contributed by atoms with van der Waals surface area (Å²) in [7, 11) is 1.22. The van der Waals surface area contributed by atoms with E-state index in [1.165, 1.54) is 7.11 Å². The lowest BCUT2D eigenvalue weighted by Crippen LogP contribution is -2.14. The Kier molecular flexibility index (Phi) is 3.26. The minimum Gasteiger partial charge on any atom is -0.467 e. The fourth-order valence-electron chi connectivity index (χ4n) is 1.65. The number of fused-ring (bicyclic) bond motifs is 1. The number of benzene rings is 1. The van der Waals surface area contributed by atoms with E-state index in [4.69, 9.17) is 9.47 Å². The Morgan fingerprint density at radius 1 is 1.59 bits per heavy atom. The van der Waals surface area contributed by atoms with Gasteiger partial charge in [0, 0.05) is 15.6 Å². The zero-order chi connectivity index (χ0) is 12.6. The van der Waals surface area contributed by atoms with Crippen LogP contribution in [-0.2, 0) is 9.53 Å². The first-order chi connectivity index (χ1) is 8.06. The second kappa shape index (κ2) is 4.54. The normalized spacial score (nSPS) is 14.6. The van der Waals surface area contributed by atoms with Gasteiger partial charge in [0.1, 0.15) is 0 Å². The molecular weight excluding hydrogens is 292 g/mol. The van der Waals surface area contributed by atoms with Gasteiger partial charge in [0.2, 0.25) is 6.79 Å². The number of methoxy groups -OCH3 is 1. The number of halogens is 1. The number of rotatable bonds is 2. The molecule has 0 bridgehead atoms. The molecule has 1 aromatic rings. The molecule has 1 aliphatic heterocycles. The van der Waals surface area contributed by atoms with Gasteiger partial charge >= 0.3 is 5.97 Å². The molecule has 1 N–H and O–H groups in total. The summed E-state index contributed by atoms with van der Waals surface area (Å²) in [5.41, 5.74) is 1.18. The van der Waals surface area contributed by atoms with E-state index in [9.17, 15) is 9.90 Å². The van der Waals surface area contributed by atoms with Crippen molar-refractivity contribution in [3.63, 3.8) is 0 Å². The van der Waals surface area contributed by atoms with Gasteiger partial charge in [0.25, 0.3) is 0 Å². The average Bonchev–Trinajstić information content (AvgIpc) is 2.80. The van der Waals surface area contributed by atoms with Crippen molar-refractivity contribution in [3.05, 3.63) is 21.7 Å². The van der Waals surface area contributed by atoms with Gasteiger partial charge in [-0.25, -0.2) is 4.79 Å². The first-order valence-corrected chi connectivity index (χ1v) is 5.70. The molecule has 0 aliphatic carbocycles. The average molecular weight is 303 g/mol. The van der Waals surface area contributed by atoms with E-state index in [1.54, 1.807) is 6.07 Å². The van der Waals surface area contributed by atoms with Crippen molar-refractivity contribution in [1.29, 1.82) is 0 Å². The van der Waals surface area contributed by atoms with Crippen molar-refractivity contribution in [1.82, 2.24) is 0 Å². The summed E-state index contributed by atoms with van der Waals surface area (Å²) in [6, 6.07) is 1.57. The third kappa shape index (κ3) is 1.98. The molecule has 0 aromatic heterocycles. The van der Waals surface area contributed by atoms with Crippen molar-refractivity contribution >= 4 is 21.9 Å². The molecule has 5 nitrogen and oxygen atoms in total. The zero-order valence-corrected chi connectivity index (χ0v) is 10.9. The van der Waals surface area contributed by atoms with Crippen LogP contribution in [0.25, 0.3) is 0 Å². The van der Waals surface area contributed by atoms with E-state index in [2.05, 4.69) is 20.7 Å². The molecule has 17 heavy (non-hydrogen) atoms. The SMILES string of the molecule is COC(=O)C(O)c1cc2c(c(C)c1Br)OCO2. The Labute approximate surface area is 106 Å². The molecule has 0 amide bonds. The predicted molar refractivity (Wildman–Crippen MR) is 62.0 cm³/mol. The van der Waals surface area contributed by atoms with Crippen LogP contribution in [-0.4, -0.2) is 25.0 Å². The second-order valence-electron chi connectivity index (χ2n) is 3.56. The Morgan fingerprint density at radius 3 is 2.94 bits per heavy atom. The maximum atomic E-state index is 11.3. The fraction of sp³-hybridized carbons (Fsp3) is 0.364. The van der Waals surface area contributed by atoms with Gasteiger partial charge in [-0.1, -0.05) is 0 Å². The number of hydrogen-bond acceptors (Lipinski definition) is 5. The van der Waals surface area contributed by atoms with Gasteiger partial charge in [-0.15, -0.1) is 0 Å². The summed E-state index contributed by atoms with van der Waals surface area (Å²) in [5.74, 6) is 0.422. The van der Waals surface area contributed by atoms with Crippen molar-refractivity contribution in [3.8, 4) is 11.5 Å². The van der Waals surface area contributed by atoms with Gasteiger partial charge < -0.3 is 19.3 Å². The molecule has 0 fully saturated rings. The number of hydrogen-bond donors (Lipinski definition) is 1. The first-order valence-electron chi connectivity index (χ1n) is 4.90. The van der Waals surface area contributed by atoms with Crippen LogP contribution in [0.15, 0.2) is 10.5 Å². The molecule has 0 spiro atoms. The molecule has 1 heterocycles. The van der Waals surface area contributed by atoms with Crippen LogP contribution in [0.1, 0.15) is 17.2 Å². The van der Waals surface area contributed by atoms with E-state index in [0.717, 1.165) is 5.56 Å². The van der Waals surface area contributed by atoms with E-state index >= 15 is 0 Å². The van der Waals surface area contributed by atoms with Crippen LogP contribution in [0.3, 0.4) is 0 Å². The molecular formula is C11H11BrO5. The lowest BCUT2D eigenvalue weighted by molar-refractivity contribution is -0.150. The molecule has 92 valence electrons. The molecule has 6 heteroatoms. The second-order valence-corrected chi connectivity index (χ2v) is 4.36. The maximum absolute atomic E-state index is 11.3. The van der Waals surface area contributed by atoms with Crippen LogP contribution in [0.5, 0.6) is 11.5 Å². The van der Waals surface area contributed by atoms with E-state index < -0.39 is 12.1 Å². The molecule has 1 unspecified atom stereocenters. The summed E-state index contributed by atoms with van der Waals surface area (Å²) < 4.78 is 15.6. The van der Waals surface area contributed by atoms with Gasteiger partial charge in [-0.3, -0.25) is 0 Å². The van der Waals surface area contributed by atoms with Crippen LogP contribution in [0.2, 0.25) is 0 Å². The summed E-state index contributed by atoms with van der Waals surface area (Å²) in [5, 5.41) is 9.82. The minimum absolute atomic E-state index is 0.139. The summed E-state index contributed by atoms with van der Waals surface area (Å²) >= 11 is 3.33. The van der Waals surface area contributed by atoms with Gasteiger partial charge in [0.15, 0.2) is 17.6 Å². The molecule has 2 rings (SSSR count). The third-order valence-corrected chi connectivity index (χ3v) is 3.62. The maximum Gasteiger partial charge on any atom is 0.339 e.